The van der Waals surface area contributed by atoms with Crippen LogP contribution >= 0.6 is 22.7 Å². The Kier molecular flexibility index (Phi) is 7.22. The molecule has 0 radical (unpaired) electrons. The maximum Gasteiger partial charge on any atom is 0.341 e. The van der Waals surface area contributed by atoms with Gasteiger partial charge in [0.05, 0.1) is 18.3 Å². The number of nitrogens with one attached hydrogen (secondary N) is 1. The average Bonchev–Trinajstić information content (AvgIpc) is 3.53. The summed E-state index contributed by atoms with van der Waals surface area (Å²) in [5.41, 5.74) is 5.58. The van der Waals surface area contributed by atoms with Crippen LogP contribution in [-0.2, 0) is 16.1 Å². The van der Waals surface area contributed by atoms with E-state index in [-0.39, 0.29) is 18.7 Å². The molecule has 38 heavy (non-hydrogen) atoms. The molecule has 0 aliphatic carbocycles. The number of hydrogen-bond acceptors (Lipinski definition) is 7. The van der Waals surface area contributed by atoms with E-state index in [4.69, 9.17) is 4.74 Å². The third-order valence-corrected chi connectivity index (χ3v) is 8.08. The number of esters is 1. The molecule has 0 saturated heterocycles. The molecular formula is C29H25N3O4S2. The quantitative estimate of drug-likeness (QED) is 0.244. The fourth-order valence-corrected chi connectivity index (χ4v) is 6.09. The smallest absolute Gasteiger partial charge is 0.341 e. The van der Waals surface area contributed by atoms with E-state index in [9.17, 15) is 14.4 Å². The maximum atomic E-state index is 13.5. The van der Waals surface area contributed by atoms with Crippen LogP contribution in [0.3, 0.4) is 0 Å². The molecule has 0 unspecified atom stereocenters. The lowest BCUT2D eigenvalue weighted by Gasteiger charge is -2.10. The second-order valence-corrected chi connectivity index (χ2v) is 10.5. The number of benzene rings is 2. The molecule has 5 aromatic rings. The zero-order chi connectivity index (χ0) is 26.8. The Labute approximate surface area is 227 Å². The normalized spacial score (nSPS) is 11.0. The highest BCUT2D eigenvalue weighted by Gasteiger charge is 2.23. The molecule has 0 spiro atoms. The topological polar surface area (TPSA) is 90.3 Å². The molecule has 9 heteroatoms. The monoisotopic (exact) mass is 543 g/mol. The van der Waals surface area contributed by atoms with Gasteiger partial charge in [-0.05, 0) is 43.0 Å². The van der Waals surface area contributed by atoms with Crippen LogP contribution < -0.4 is 10.9 Å². The lowest BCUT2D eigenvalue weighted by atomic mass is 10.0. The van der Waals surface area contributed by atoms with Gasteiger partial charge < -0.3 is 10.1 Å². The van der Waals surface area contributed by atoms with Gasteiger partial charge >= 0.3 is 5.97 Å². The Hall–Kier alpha value is -4.08. The van der Waals surface area contributed by atoms with Crippen molar-refractivity contribution in [2.24, 2.45) is 0 Å². The first-order valence-electron chi connectivity index (χ1n) is 12.1. The summed E-state index contributed by atoms with van der Waals surface area (Å²) in [6, 6.07) is 15.5. The van der Waals surface area contributed by atoms with Crippen LogP contribution in [-0.4, -0.2) is 28.0 Å². The first-order valence-corrected chi connectivity index (χ1v) is 13.8. The molecular weight excluding hydrogens is 518 g/mol. The summed E-state index contributed by atoms with van der Waals surface area (Å²) in [7, 11) is 0. The van der Waals surface area contributed by atoms with Crippen LogP contribution in [0.25, 0.3) is 32.5 Å². The third-order valence-electron chi connectivity index (χ3n) is 6.30. The summed E-state index contributed by atoms with van der Waals surface area (Å²) >= 11 is 2.64. The third kappa shape index (κ3) is 4.90. The number of rotatable bonds is 7. The molecule has 0 bridgehead atoms. The molecule has 0 aliphatic heterocycles. The highest BCUT2D eigenvalue weighted by Crippen LogP contribution is 2.36. The second-order valence-electron chi connectivity index (χ2n) is 8.79. The zero-order valence-electron chi connectivity index (χ0n) is 21.1. The van der Waals surface area contributed by atoms with E-state index < -0.39 is 11.9 Å². The van der Waals surface area contributed by atoms with Gasteiger partial charge in [-0.15, -0.1) is 22.7 Å². The Bertz CT molecular complexity index is 1720. The van der Waals surface area contributed by atoms with Gasteiger partial charge in [0.1, 0.15) is 21.9 Å². The molecule has 0 aliphatic rings. The number of anilines is 1. The van der Waals surface area contributed by atoms with Crippen LogP contribution in [0.4, 0.5) is 5.00 Å². The first-order chi connectivity index (χ1) is 18.4. The predicted molar refractivity (Wildman–Crippen MR) is 153 cm³/mol. The van der Waals surface area contributed by atoms with Crippen molar-refractivity contribution in [3.63, 3.8) is 0 Å². The molecule has 3 aromatic heterocycles. The van der Waals surface area contributed by atoms with Gasteiger partial charge in [-0.3, -0.25) is 14.2 Å². The number of ether oxygens (including phenoxy) is 1. The molecule has 0 atom stereocenters. The highest BCUT2D eigenvalue weighted by atomic mass is 32.1. The minimum absolute atomic E-state index is 0.209. The standard InChI is InChI=1S/C29H25N3O4S2/c1-4-36-29(35)25-21(19-8-6-5-7-9-19)14-38-27(25)31-23(33)13-32-16-30-26-24(28(32)34)22(15-37-26)20-11-10-17(2)18(3)12-20/h5-12,14-16H,4,13H2,1-3H3,(H,31,33). The van der Waals surface area contributed by atoms with E-state index in [1.807, 2.05) is 67.1 Å². The number of aromatic nitrogens is 2. The van der Waals surface area contributed by atoms with Crippen molar-refractivity contribution < 1.29 is 14.3 Å². The van der Waals surface area contributed by atoms with Gasteiger partial charge in [0.15, 0.2) is 0 Å². The number of nitrogens with zero attached hydrogens (tertiary/aromatic N) is 2. The Morgan fingerprint density at radius 1 is 0.974 bits per heavy atom. The minimum atomic E-state index is -0.514. The second kappa shape index (κ2) is 10.7. The average molecular weight is 544 g/mol. The van der Waals surface area contributed by atoms with Crippen LogP contribution in [0.15, 0.2) is 70.4 Å². The lowest BCUT2D eigenvalue weighted by molar-refractivity contribution is -0.116. The number of amides is 1. The molecule has 3 heterocycles. The number of fused-ring (bicyclic) bond motifs is 1. The van der Waals surface area contributed by atoms with Crippen LogP contribution in [0.2, 0.25) is 0 Å². The summed E-state index contributed by atoms with van der Waals surface area (Å²) in [6.45, 7) is 5.77. The van der Waals surface area contributed by atoms with Crippen LogP contribution in [0.1, 0.15) is 28.4 Å². The van der Waals surface area contributed by atoms with Crippen molar-refractivity contribution in [2.45, 2.75) is 27.3 Å². The molecule has 1 amide bonds. The van der Waals surface area contributed by atoms with Crippen LogP contribution in [0.5, 0.6) is 0 Å². The minimum Gasteiger partial charge on any atom is -0.462 e. The van der Waals surface area contributed by atoms with Gasteiger partial charge in [-0.2, -0.15) is 0 Å². The Morgan fingerprint density at radius 2 is 1.74 bits per heavy atom. The number of carbonyl (C=O) groups excluding carboxylic acids is 2. The fraction of sp³-hybridized carbons (Fsp3) is 0.172. The highest BCUT2D eigenvalue weighted by molar-refractivity contribution is 7.17. The van der Waals surface area contributed by atoms with Gasteiger partial charge in [0.25, 0.3) is 5.56 Å². The number of carbonyl (C=O) groups is 2. The molecule has 7 nitrogen and oxygen atoms in total. The van der Waals surface area contributed by atoms with E-state index in [1.54, 1.807) is 6.92 Å². The summed E-state index contributed by atoms with van der Waals surface area (Å²) in [4.78, 5) is 44.4. The summed E-state index contributed by atoms with van der Waals surface area (Å²) in [5, 5.41) is 7.42. The van der Waals surface area contributed by atoms with E-state index in [1.165, 1.54) is 39.1 Å². The van der Waals surface area contributed by atoms with Gasteiger partial charge in [-0.25, -0.2) is 9.78 Å². The molecule has 5 rings (SSSR count). The summed E-state index contributed by atoms with van der Waals surface area (Å²) < 4.78 is 6.57. The van der Waals surface area contributed by atoms with Crippen LogP contribution in [0, 0.1) is 13.8 Å². The van der Waals surface area contributed by atoms with Gasteiger partial charge in [0.2, 0.25) is 5.91 Å². The molecule has 1 N–H and O–H groups in total. The lowest BCUT2D eigenvalue weighted by Crippen LogP contribution is -2.28. The number of hydrogen-bond donors (Lipinski definition) is 1. The Morgan fingerprint density at radius 3 is 2.47 bits per heavy atom. The molecule has 0 fully saturated rings. The van der Waals surface area contributed by atoms with Crippen molar-refractivity contribution in [1.29, 1.82) is 0 Å². The van der Waals surface area contributed by atoms with E-state index >= 15 is 0 Å². The van der Waals surface area contributed by atoms with Crippen molar-refractivity contribution in [2.75, 3.05) is 11.9 Å². The van der Waals surface area contributed by atoms with Gasteiger partial charge in [0, 0.05) is 21.9 Å². The van der Waals surface area contributed by atoms with Crippen molar-refractivity contribution >= 4 is 49.8 Å². The van der Waals surface area contributed by atoms with E-state index in [0.717, 1.165) is 22.3 Å². The first kappa shape index (κ1) is 25.6. The van der Waals surface area contributed by atoms with Crippen molar-refractivity contribution in [1.82, 2.24) is 9.55 Å². The predicted octanol–water partition coefficient (Wildman–Crippen LogP) is 6.29. The number of thiophene rings is 2. The Balaban J connectivity index is 1.45. The largest absolute Gasteiger partial charge is 0.462 e. The molecule has 2 aromatic carbocycles. The maximum absolute atomic E-state index is 13.5. The van der Waals surface area contributed by atoms with E-state index in [0.29, 0.717) is 26.3 Å². The van der Waals surface area contributed by atoms with Crippen molar-refractivity contribution in [3.05, 3.63) is 92.7 Å². The SMILES string of the molecule is CCOC(=O)c1c(-c2ccccc2)csc1NC(=O)Cn1cnc2scc(-c3ccc(C)c(C)c3)c2c1=O. The summed E-state index contributed by atoms with van der Waals surface area (Å²) in [5.74, 6) is -0.956. The zero-order valence-corrected chi connectivity index (χ0v) is 22.7. The van der Waals surface area contributed by atoms with E-state index in [2.05, 4.69) is 16.4 Å². The molecule has 0 saturated carbocycles. The van der Waals surface area contributed by atoms with Gasteiger partial charge in [-0.1, -0.05) is 48.5 Å². The fourth-order valence-electron chi connectivity index (χ4n) is 4.21. The summed E-state index contributed by atoms with van der Waals surface area (Å²) in [6.07, 6.45) is 1.39. The molecule has 192 valence electrons. The number of aryl methyl sites for hydroxylation is 2. The van der Waals surface area contributed by atoms with Crippen molar-refractivity contribution in [3.8, 4) is 22.3 Å².